The molecule has 0 heterocycles. The molecule has 0 saturated carbocycles. The van der Waals surface area contributed by atoms with Crippen molar-refractivity contribution in [2.45, 2.75) is 41.0 Å². The van der Waals surface area contributed by atoms with Crippen molar-refractivity contribution in [3.8, 4) is 0 Å². The van der Waals surface area contributed by atoms with Crippen LogP contribution in [-0.4, -0.2) is 10.9 Å². The fraction of sp³-hybridized carbons (Fsp3) is 0.615. The van der Waals surface area contributed by atoms with Crippen molar-refractivity contribution in [2.75, 3.05) is 0 Å². The third-order valence-corrected chi connectivity index (χ3v) is 2.60. The van der Waals surface area contributed by atoms with Gasteiger partial charge in [-0.2, -0.15) is 0 Å². The van der Waals surface area contributed by atoms with E-state index >= 15 is 0 Å². The molecule has 0 bridgehead atoms. The van der Waals surface area contributed by atoms with Gasteiger partial charge in [0.05, 0.1) is 5.71 Å². The average Bonchev–Trinajstić information content (AvgIpc) is 2.14. The van der Waals surface area contributed by atoms with Crippen LogP contribution < -0.4 is 0 Å². The zero-order valence-electron chi connectivity index (χ0n) is 10.5. The minimum atomic E-state index is -0.104. The fourth-order valence-electron chi connectivity index (χ4n) is 1.64. The summed E-state index contributed by atoms with van der Waals surface area (Å²) in [5, 5.41) is 12.4. The molecule has 0 aromatic carbocycles. The van der Waals surface area contributed by atoms with Gasteiger partial charge in [0.25, 0.3) is 0 Å². The van der Waals surface area contributed by atoms with Crippen molar-refractivity contribution in [2.24, 2.45) is 16.5 Å². The molecule has 0 aliphatic rings. The molecule has 0 aliphatic carbocycles. The predicted octanol–water partition coefficient (Wildman–Crippen LogP) is 4.02. The largest absolute Gasteiger partial charge is 0.411 e. The van der Waals surface area contributed by atoms with Gasteiger partial charge in [-0.1, -0.05) is 57.2 Å². The monoisotopic (exact) mass is 209 g/mol. The standard InChI is InChI=1S/C13H23NO/c1-7-11(4)8-9-13(5,6)12(14-15)10(2)3/h7-8,10,15H,1,9H2,2-6H3/b11-8+,14-12+. The van der Waals surface area contributed by atoms with E-state index in [-0.39, 0.29) is 11.3 Å². The molecule has 2 heteroatoms. The molecule has 0 spiro atoms. The van der Waals surface area contributed by atoms with Gasteiger partial charge >= 0.3 is 0 Å². The third kappa shape index (κ3) is 4.32. The fourth-order valence-corrected chi connectivity index (χ4v) is 1.64. The number of hydrogen-bond acceptors (Lipinski definition) is 2. The van der Waals surface area contributed by atoms with E-state index in [9.17, 15) is 0 Å². The van der Waals surface area contributed by atoms with Crippen LogP contribution in [0.15, 0.2) is 29.5 Å². The van der Waals surface area contributed by atoms with E-state index in [2.05, 4.69) is 31.7 Å². The van der Waals surface area contributed by atoms with E-state index in [1.165, 1.54) is 0 Å². The van der Waals surface area contributed by atoms with Crippen LogP contribution in [0.3, 0.4) is 0 Å². The molecule has 0 amide bonds. The molecule has 0 saturated heterocycles. The Balaban J connectivity index is 4.74. The minimum absolute atomic E-state index is 0.104. The summed E-state index contributed by atoms with van der Waals surface area (Å²) in [6.07, 6.45) is 4.82. The molecule has 0 aromatic rings. The number of hydrogen-bond donors (Lipinski definition) is 1. The summed E-state index contributed by atoms with van der Waals surface area (Å²) in [7, 11) is 0. The molecule has 0 aromatic heterocycles. The first kappa shape index (κ1) is 13.9. The summed E-state index contributed by atoms with van der Waals surface area (Å²) in [6, 6.07) is 0. The summed E-state index contributed by atoms with van der Waals surface area (Å²) in [4.78, 5) is 0. The Hall–Kier alpha value is -1.05. The van der Waals surface area contributed by atoms with Crippen molar-refractivity contribution in [3.05, 3.63) is 24.3 Å². The number of oxime groups is 1. The van der Waals surface area contributed by atoms with E-state index in [0.717, 1.165) is 17.7 Å². The van der Waals surface area contributed by atoms with Crippen molar-refractivity contribution in [1.82, 2.24) is 0 Å². The first-order valence-corrected chi connectivity index (χ1v) is 5.36. The topological polar surface area (TPSA) is 32.6 Å². The molecule has 0 atom stereocenters. The van der Waals surface area contributed by atoms with Crippen LogP contribution in [0.4, 0.5) is 0 Å². The summed E-state index contributed by atoms with van der Waals surface area (Å²) >= 11 is 0. The van der Waals surface area contributed by atoms with Crippen LogP contribution in [0.25, 0.3) is 0 Å². The maximum absolute atomic E-state index is 9.00. The Morgan fingerprint density at radius 2 is 2.00 bits per heavy atom. The van der Waals surface area contributed by atoms with Crippen LogP contribution in [0.5, 0.6) is 0 Å². The van der Waals surface area contributed by atoms with E-state index < -0.39 is 0 Å². The van der Waals surface area contributed by atoms with E-state index in [1.54, 1.807) is 0 Å². The molecule has 0 fully saturated rings. The maximum Gasteiger partial charge on any atom is 0.0655 e. The van der Waals surface area contributed by atoms with Crippen molar-refractivity contribution < 1.29 is 5.21 Å². The lowest BCUT2D eigenvalue weighted by molar-refractivity contribution is 0.303. The van der Waals surface area contributed by atoms with Gasteiger partial charge in [-0.3, -0.25) is 0 Å². The van der Waals surface area contributed by atoms with Gasteiger partial charge in [-0.25, -0.2) is 0 Å². The van der Waals surface area contributed by atoms with Gasteiger partial charge in [0.1, 0.15) is 0 Å². The summed E-state index contributed by atoms with van der Waals surface area (Å²) in [5.74, 6) is 0.266. The lowest BCUT2D eigenvalue weighted by atomic mass is 9.78. The highest BCUT2D eigenvalue weighted by molar-refractivity contribution is 5.90. The smallest absolute Gasteiger partial charge is 0.0655 e. The second-order valence-electron chi connectivity index (χ2n) is 4.88. The molecular formula is C13H23NO. The second kappa shape index (κ2) is 5.74. The van der Waals surface area contributed by atoms with E-state index in [0.29, 0.717) is 0 Å². The molecule has 0 aliphatic heterocycles. The normalized spacial score (nSPS) is 14.5. The van der Waals surface area contributed by atoms with Crippen LogP contribution in [-0.2, 0) is 0 Å². The van der Waals surface area contributed by atoms with Crippen molar-refractivity contribution in [1.29, 1.82) is 0 Å². The highest BCUT2D eigenvalue weighted by atomic mass is 16.4. The highest BCUT2D eigenvalue weighted by Gasteiger charge is 2.26. The zero-order chi connectivity index (χ0) is 12.1. The predicted molar refractivity (Wildman–Crippen MR) is 66.4 cm³/mol. The van der Waals surface area contributed by atoms with Gasteiger partial charge in [0, 0.05) is 5.41 Å². The number of allylic oxidation sites excluding steroid dienone is 3. The summed E-state index contributed by atoms with van der Waals surface area (Å²) < 4.78 is 0. The van der Waals surface area contributed by atoms with Gasteiger partial charge in [0.15, 0.2) is 0 Å². The Morgan fingerprint density at radius 1 is 1.47 bits per heavy atom. The van der Waals surface area contributed by atoms with Crippen LogP contribution in [0.2, 0.25) is 0 Å². The third-order valence-electron chi connectivity index (χ3n) is 2.60. The van der Waals surface area contributed by atoms with Gasteiger partial charge in [-0.05, 0) is 19.3 Å². The molecule has 0 rings (SSSR count). The lowest BCUT2D eigenvalue weighted by Crippen LogP contribution is -2.28. The Bertz CT molecular complexity index is 272. The molecule has 0 unspecified atom stereocenters. The summed E-state index contributed by atoms with van der Waals surface area (Å²) in [5.41, 5.74) is 1.90. The highest BCUT2D eigenvalue weighted by Crippen LogP contribution is 2.27. The van der Waals surface area contributed by atoms with Gasteiger partial charge in [-0.15, -0.1) is 0 Å². The quantitative estimate of drug-likeness (QED) is 0.315. The van der Waals surface area contributed by atoms with E-state index in [1.807, 2.05) is 26.8 Å². The second-order valence-corrected chi connectivity index (χ2v) is 4.88. The lowest BCUT2D eigenvalue weighted by Gasteiger charge is -2.26. The van der Waals surface area contributed by atoms with Crippen LogP contribution in [0.1, 0.15) is 41.0 Å². The Kier molecular flexibility index (Phi) is 5.34. The average molecular weight is 209 g/mol. The van der Waals surface area contributed by atoms with Crippen molar-refractivity contribution in [3.63, 3.8) is 0 Å². The van der Waals surface area contributed by atoms with Gasteiger partial charge < -0.3 is 5.21 Å². The van der Waals surface area contributed by atoms with Crippen molar-refractivity contribution >= 4 is 5.71 Å². The molecule has 2 nitrogen and oxygen atoms in total. The molecule has 0 radical (unpaired) electrons. The first-order valence-electron chi connectivity index (χ1n) is 5.36. The van der Waals surface area contributed by atoms with Gasteiger partial charge in [0.2, 0.25) is 0 Å². The Morgan fingerprint density at radius 3 is 2.33 bits per heavy atom. The van der Waals surface area contributed by atoms with E-state index in [4.69, 9.17) is 5.21 Å². The first-order chi connectivity index (χ1) is 6.85. The number of rotatable bonds is 5. The van der Waals surface area contributed by atoms with Crippen LogP contribution >= 0.6 is 0 Å². The zero-order valence-corrected chi connectivity index (χ0v) is 10.5. The molecule has 15 heavy (non-hydrogen) atoms. The maximum atomic E-state index is 9.00. The minimum Gasteiger partial charge on any atom is -0.411 e. The SMILES string of the molecule is C=C/C(C)=C/CC(C)(C)/C(=N/O)C(C)C. The van der Waals surface area contributed by atoms with Crippen LogP contribution in [0, 0.1) is 11.3 Å². The molecular weight excluding hydrogens is 186 g/mol. The Labute approximate surface area is 93.4 Å². The number of nitrogens with zero attached hydrogens (tertiary/aromatic N) is 1. The molecule has 1 N–H and O–H groups in total. The molecule has 86 valence electrons. The summed E-state index contributed by atoms with van der Waals surface area (Å²) in [6.45, 7) is 14.0.